The first-order valence-electron chi connectivity index (χ1n) is 8.30. The molecule has 0 aromatic heterocycles. The topological polar surface area (TPSA) is 54.9 Å². The molecule has 0 amide bonds. The summed E-state index contributed by atoms with van der Waals surface area (Å²) in [6, 6.07) is 9.26. The zero-order valence-corrected chi connectivity index (χ0v) is 15.1. The van der Waals surface area contributed by atoms with Crippen molar-refractivity contribution in [3.05, 3.63) is 53.6 Å². The minimum absolute atomic E-state index is 0.0539. The molecule has 5 nitrogen and oxygen atoms in total. The summed E-state index contributed by atoms with van der Waals surface area (Å²) in [5.41, 5.74) is 0.800. The van der Waals surface area contributed by atoms with Crippen LogP contribution in [0.4, 0.5) is 14.5 Å². The molecule has 0 aliphatic heterocycles. The van der Waals surface area contributed by atoms with Crippen LogP contribution < -0.4 is 20.1 Å². The third-order valence-electron chi connectivity index (χ3n) is 3.68. The fourth-order valence-corrected chi connectivity index (χ4v) is 2.41. The molecule has 0 saturated heterocycles. The molecule has 2 rings (SSSR count). The summed E-state index contributed by atoms with van der Waals surface area (Å²) < 4.78 is 38.1. The number of halogens is 2. The lowest BCUT2D eigenvalue weighted by Crippen LogP contribution is -2.32. The molecule has 0 saturated carbocycles. The lowest BCUT2D eigenvalue weighted by molar-refractivity contribution is 0.311. The van der Waals surface area contributed by atoms with E-state index in [-0.39, 0.29) is 12.0 Å². The summed E-state index contributed by atoms with van der Waals surface area (Å²) in [7, 11) is 3.18. The maximum Gasteiger partial charge on any atom is 0.195 e. The third kappa shape index (κ3) is 5.08. The molecular formula is C19H23F2N3O2. The summed E-state index contributed by atoms with van der Waals surface area (Å²) in [4.78, 5) is 4.11. The second kappa shape index (κ2) is 9.60. The largest absolute Gasteiger partial charge is 0.493 e. The van der Waals surface area contributed by atoms with Gasteiger partial charge in [-0.1, -0.05) is 6.07 Å². The number of guanidine groups is 1. The van der Waals surface area contributed by atoms with E-state index in [1.54, 1.807) is 26.3 Å². The van der Waals surface area contributed by atoms with Crippen LogP contribution in [0.3, 0.4) is 0 Å². The zero-order valence-electron chi connectivity index (χ0n) is 15.1. The fraction of sp³-hybridized carbons (Fsp3) is 0.316. The minimum Gasteiger partial charge on any atom is -0.493 e. The molecule has 0 aliphatic rings. The Morgan fingerprint density at radius 1 is 1.12 bits per heavy atom. The Labute approximate surface area is 152 Å². The number of anilines is 1. The average Bonchev–Trinajstić information content (AvgIpc) is 2.64. The van der Waals surface area contributed by atoms with Crippen LogP contribution in [-0.2, 0) is 6.42 Å². The van der Waals surface area contributed by atoms with Crippen molar-refractivity contribution in [1.29, 1.82) is 0 Å². The van der Waals surface area contributed by atoms with Gasteiger partial charge in [0.05, 0.1) is 13.7 Å². The van der Waals surface area contributed by atoms with Gasteiger partial charge in [0.1, 0.15) is 11.6 Å². The first kappa shape index (κ1) is 19.5. The molecule has 0 bridgehead atoms. The number of methoxy groups -OCH3 is 1. The van der Waals surface area contributed by atoms with Crippen molar-refractivity contribution in [2.45, 2.75) is 13.3 Å². The summed E-state index contributed by atoms with van der Waals surface area (Å²) >= 11 is 0. The van der Waals surface area contributed by atoms with Gasteiger partial charge in [-0.25, -0.2) is 8.78 Å². The number of nitrogens with zero attached hydrogens (tertiary/aromatic N) is 1. The first-order valence-corrected chi connectivity index (χ1v) is 8.30. The lowest BCUT2D eigenvalue weighted by atomic mass is 10.1. The fourth-order valence-electron chi connectivity index (χ4n) is 2.41. The molecule has 0 fully saturated rings. The molecule has 7 heteroatoms. The summed E-state index contributed by atoms with van der Waals surface area (Å²) in [6.07, 6.45) is 0.200. The van der Waals surface area contributed by atoms with Crippen molar-refractivity contribution in [3.8, 4) is 11.5 Å². The van der Waals surface area contributed by atoms with E-state index in [1.165, 1.54) is 18.2 Å². The molecule has 0 unspecified atom stereocenters. The molecule has 0 spiro atoms. The monoisotopic (exact) mass is 363 g/mol. The van der Waals surface area contributed by atoms with Gasteiger partial charge in [-0.15, -0.1) is 0 Å². The number of benzene rings is 2. The van der Waals surface area contributed by atoms with Gasteiger partial charge in [-0.3, -0.25) is 4.99 Å². The highest BCUT2D eigenvalue weighted by Gasteiger charge is 2.09. The molecule has 0 heterocycles. The molecule has 0 aliphatic carbocycles. The number of rotatable bonds is 7. The highest BCUT2D eigenvalue weighted by atomic mass is 19.1. The van der Waals surface area contributed by atoms with E-state index in [0.29, 0.717) is 30.6 Å². The predicted octanol–water partition coefficient (Wildman–Crippen LogP) is 3.60. The van der Waals surface area contributed by atoms with Crippen LogP contribution in [-0.4, -0.2) is 33.3 Å². The standard InChI is InChI=1S/C19H23F2N3O2/c1-4-26-17-9-8-13(12-18(17)25-3)24-19(22-2)23-11-10-14-15(20)6-5-7-16(14)21/h5-9,12H,4,10-11H2,1-3H3,(H2,22,23,24). The summed E-state index contributed by atoms with van der Waals surface area (Å²) in [5, 5.41) is 6.14. The van der Waals surface area contributed by atoms with Gasteiger partial charge in [0.25, 0.3) is 0 Å². The molecule has 0 radical (unpaired) electrons. The van der Waals surface area contributed by atoms with Crippen LogP contribution in [0.25, 0.3) is 0 Å². The Morgan fingerprint density at radius 3 is 2.46 bits per heavy atom. The molecule has 2 N–H and O–H groups in total. The van der Waals surface area contributed by atoms with Gasteiger partial charge in [0, 0.05) is 30.9 Å². The van der Waals surface area contributed by atoms with Gasteiger partial charge < -0.3 is 20.1 Å². The van der Waals surface area contributed by atoms with Crippen molar-refractivity contribution in [1.82, 2.24) is 5.32 Å². The Kier molecular flexibility index (Phi) is 7.20. The zero-order chi connectivity index (χ0) is 18.9. The van der Waals surface area contributed by atoms with Gasteiger partial charge in [-0.2, -0.15) is 0 Å². The number of nitrogens with one attached hydrogen (secondary N) is 2. The summed E-state index contributed by atoms with van der Waals surface area (Å²) in [6.45, 7) is 2.76. The Balaban J connectivity index is 1.97. The first-order chi connectivity index (χ1) is 12.6. The van der Waals surface area contributed by atoms with Crippen LogP contribution in [0.2, 0.25) is 0 Å². The van der Waals surface area contributed by atoms with Gasteiger partial charge >= 0.3 is 0 Å². The molecule has 26 heavy (non-hydrogen) atoms. The van der Waals surface area contributed by atoms with E-state index in [1.807, 2.05) is 13.0 Å². The molecule has 2 aromatic carbocycles. The van der Waals surface area contributed by atoms with Crippen molar-refractivity contribution in [2.24, 2.45) is 4.99 Å². The van der Waals surface area contributed by atoms with Crippen LogP contribution in [0.1, 0.15) is 12.5 Å². The maximum absolute atomic E-state index is 13.6. The van der Waals surface area contributed by atoms with Gasteiger partial charge in [0.15, 0.2) is 17.5 Å². The highest BCUT2D eigenvalue weighted by Crippen LogP contribution is 2.30. The molecule has 140 valence electrons. The van der Waals surface area contributed by atoms with Crippen LogP contribution in [0.5, 0.6) is 11.5 Å². The molecule has 0 atom stereocenters. The van der Waals surface area contributed by atoms with E-state index < -0.39 is 11.6 Å². The second-order valence-corrected chi connectivity index (χ2v) is 5.37. The van der Waals surface area contributed by atoms with Crippen LogP contribution >= 0.6 is 0 Å². The summed E-state index contributed by atoms with van der Waals surface area (Å²) in [5.74, 6) is 0.629. The van der Waals surface area contributed by atoms with Gasteiger partial charge in [0.2, 0.25) is 0 Å². The Hall–Kier alpha value is -2.83. The van der Waals surface area contributed by atoms with Crippen molar-refractivity contribution in [3.63, 3.8) is 0 Å². The highest BCUT2D eigenvalue weighted by molar-refractivity contribution is 5.93. The van der Waals surface area contributed by atoms with E-state index in [0.717, 1.165) is 5.69 Å². The maximum atomic E-state index is 13.6. The minimum atomic E-state index is -0.550. The number of ether oxygens (including phenoxy) is 2. The van der Waals surface area contributed by atoms with Crippen LogP contribution in [0.15, 0.2) is 41.4 Å². The molecule has 2 aromatic rings. The number of hydrogen-bond acceptors (Lipinski definition) is 3. The number of hydrogen-bond donors (Lipinski definition) is 2. The Morgan fingerprint density at radius 2 is 1.85 bits per heavy atom. The molecular weight excluding hydrogens is 340 g/mol. The van der Waals surface area contributed by atoms with E-state index in [4.69, 9.17) is 9.47 Å². The van der Waals surface area contributed by atoms with Crippen molar-refractivity contribution >= 4 is 11.6 Å². The van der Waals surface area contributed by atoms with Crippen molar-refractivity contribution in [2.75, 3.05) is 32.6 Å². The van der Waals surface area contributed by atoms with E-state index in [2.05, 4.69) is 15.6 Å². The van der Waals surface area contributed by atoms with Crippen LogP contribution in [0, 0.1) is 11.6 Å². The normalized spacial score (nSPS) is 11.2. The lowest BCUT2D eigenvalue weighted by Gasteiger charge is -2.15. The third-order valence-corrected chi connectivity index (χ3v) is 3.68. The quantitative estimate of drug-likeness (QED) is 0.583. The number of aliphatic imine (C=N–C) groups is 1. The second-order valence-electron chi connectivity index (χ2n) is 5.37. The SMILES string of the molecule is CCOc1ccc(NC(=NC)NCCc2c(F)cccc2F)cc1OC. The van der Waals surface area contributed by atoms with E-state index >= 15 is 0 Å². The van der Waals surface area contributed by atoms with Crippen molar-refractivity contribution < 1.29 is 18.3 Å². The average molecular weight is 363 g/mol. The Bertz CT molecular complexity index is 746. The van der Waals surface area contributed by atoms with Gasteiger partial charge in [-0.05, 0) is 37.6 Å². The van der Waals surface area contributed by atoms with E-state index in [9.17, 15) is 8.78 Å². The predicted molar refractivity (Wildman–Crippen MR) is 99.2 cm³/mol. The smallest absolute Gasteiger partial charge is 0.195 e.